The van der Waals surface area contributed by atoms with E-state index in [9.17, 15) is 18.0 Å². The molecule has 26 heavy (non-hydrogen) atoms. The minimum Gasteiger partial charge on any atom is -0.449 e. The van der Waals surface area contributed by atoms with Crippen LogP contribution in [0, 0.1) is 5.92 Å². The summed E-state index contributed by atoms with van der Waals surface area (Å²) in [6.07, 6.45) is -2.63. The molecule has 7 heteroatoms. The predicted octanol–water partition coefficient (Wildman–Crippen LogP) is 4.26. The van der Waals surface area contributed by atoms with E-state index in [0.29, 0.717) is 25.1 Å². The van der Waals surface area contributed by atoms with Gasteiger partial charge in [-0.3, -0.25) is 0 Å². The van der Waals surface area contributed by atoms with Crippen LogP contribution >= 0.6 is 0 Å². The molecule has 146 valence electrons. The summed E-state index contributed by atoms with van der Waals surface area (Å²) >= 11 is 0. The molecule has 0 amide bonds. The Morgan fingerprint density at radius 1 is 1.19 bits per heavy atom. The van der Waals surface area contributed by atoms with E-state index in [0.717, 1.165) is 32.4 Å². The fourth-order valence-corrected chi connectivity index (χ4v) is 3.42. The van der Waals surface area contributed by atoms with E-state index in [1.54, 1.807) is 0 Å². The maximum absolute atomic E-state index is 13.7. The number of esters is 1. The van der Waals surface area contributed by atoms with Crippen LogP contribution in [0.25, 0.3) is 0 Å². The zero-order chi connectivity index (χ0) is 19.2. The summed E-state index contributed by atoms with van der Waals surface area (Å²) in [5, 5.41) is 0. The predicted molar refractivity (Wildman–Crippen MR) is 94.8 cm³/mol. The highest BCUT2D eigenvalue weighted by molar-refractivity contribution is 5.89. The van der Waals surface area contributed by atoms with E-state index in [-0.39, 0.29) is 5.56 Å². The largest absolute Gasteiger partial charge is 0.449 e. The van der Waals surface area contributed by atoms with Gasteiger partial charge in [-0.2, -0.15) is 13.2 Å². The highest BCUT2D eigenvalue weighted by Crippen LogP contribution is 2.33. The average molecular weight is 372 g/mol. The van der Waals surface area contributed by atoms with Crippen LogP contribution in [0.5, 0.6) is 0 Å². The number of rotatable bonds is 7. The number of nitrogens with two attached hydrogens (primary N) is 1. The molecule has 0 aliphatic carbocycles. The average Bonchev–Trinajstić information content (AvgIpc) is 2.60. The third-order valence-corrected chi connectivity index (χ3v) is 4.73. The number of piperidine rings is 1. The first kappa shape index (κ1) is 20.6. The number of carbonyl (C=O) groups is 1. The van der Waals surface area contributed by atoms with Gasteiger partial charge in [0.15, 0.2) is 0 Å². The Hall–Kier alpha value is -1.76. The summed E-state index contributed by atoms with van der Waals surface area (Å²) in [6.45, 7) is 3.75. The van der Waals surface area contributed by atoms with Gasteiger partial charge >= 0.3 is 12.1 Å². The number of benzene rings is 1. The number of hydrogen-bond donors (Lipinski definition) is 1. The molecule has 1 aromatic carbocycles. The van der Waals surface area contributed by atoms with Crippen molar-refractivity contribution in [2.24, 2.45) is 5.92 Å². The SMILES string of the molecule is CCCC(CN1CCCCC1)C(OC(=O)c1ccc(N)cc1)C(F)(F)F. The number of halogens is 3. The molecule has 1 aliphatic heterocycles. The first-order chi connectivity index (χ1) is 12.3. The second-order valence-corrected chi connectivity index (χ2v) is 6.90. The van der Waals surface area contributed by atoms with Crippen molar-refractivity contribution in [2.75, 3.05) is 25.4 Å². The second-order valence-electron chi connectivity index (χ2n) is 6.90. The lowest BCUT2D eigenvalue weighted by molar-refractivity contribution is -0.222. The molecule has 1 heterocycles. The molecule has 2 rings (SSSR count). The maximum Gasteiger partial charge on any atom is 0.425 e. The van der Waals surface area contributed by atoms with Crippen LogP contribution in [0.2, 0.25) is 0 Å². The zero-order valence-electron chi connectivity index (χ0n) is 15.1. The molecule has 2 atom stereocenters. The Bertz CT molecular complexity index is 569. The fourth-order valence-electron chi connectivity index (χ4n) is 3.42. The van der Waals surface area contributed by atoms with Gasteiger partial charge in [-0.05, 0) is 56.6 Å². The van der Waals surface area contributed by atoms with Gasteiger partial charge in [0.2, 0.25) is 6.10 Å². The van der Waals surface area contributed by atoms with Crippen LogP contribution in [0.1, 0.15) is 49.4 Å². The van der Waals surface area contributed by atoms with Crippen molar-refractivity contribution in [3.63, 3.8) is 0 Å². The molecule has 1 aromatic rings. The van der Waals surface area contributed by atoms with E-state index in [4.69, 9.17) is 10.5 Å². The van der Waals surface area contributed by atoms with Gasteiger partial charge in [0, 0.05) is 18.2 Å². The minimum atomic E-state index is -4.60. The number of anilines is 1. The number of likely N-dealkylation sites (tertiary alicyclic amines) is 1. The second kappa shape index (κ2) is 9.26. The molecule has 4 nitrogen and oxygen atoms in total. The highest BCUT2D eigenvalue weighted by atomic mass is 19.4. The van der Waals surface area contributed by atoms with Crippen molar-refractivity contribution in [1.82, 2.24) is 4.90 Å². The first-order valence-electron chi connectivity index (χ1n) is 9.17. The fraction of sp³-hybridized carbons (Fsp3) is 0.632. The van der Waals surface area contributed by atoms with Crippen molar-refractivity contribution in [2.45, 2.75) is 51.3 Å². The number of alkyl halides is 3. The first-order valence-corrected chi connectivity index (χ1v) is 9.17. The van der Waals surface area contributed by atoms with E-state index in [1.807, 2.05) is 6.92 Å². The van der Waals surface area contributed by atoms with E-state index in [1.165, 1.54) is 24.3 Å². The monoisotopic (exact) mass is 372 g/mol. The number of ether oxygens (including phenoxy) is 1. The van der Waals surface area contributed by atoms with Crippen LogP contribution in [0.3, 0.4) is 0 Å². The topological polar surface area (TPSA) is 55.6 Å². The Labute approximate surface area is 152 Å². The number of nitrogen functional groups attached to an aromatic ring is 1. The van der Waals surface area contributed by atoms with Gasteiger partial charge in [0.25, 0.3) is 0 Å². The lowest BCUT2D eigenvalue weighted by Crippen LogP contribution is -2.46. The molecule has 0 bridgehead atoms. The Balaban J connectivity index is 2.14. The van der Waals surface area contributed by atoms with Gasteiger partial charge < -0.3 is 15.4 Å². The number of carbonyl (C=O) groups excluding carboxylic acids is 1. The smallest absolute Gasteiger partial charge is 0.425 e. The van der Waals surface area contributed by atoms with Gasteiger partial charge in [-0.1, -0.05) is 19.8 Å². The molecule has 0 radical (unpaired) electrons. The van der Waals surface area contributed by atoms with Crippen LogP contribution in [0.15, 0.2) is 24.3 Å². The third kappa shape index (κ3) is 5.90. The molecule has 0 aromatic heterocycles. The number of hydrogen-bond acceptors (Lipinski definition) is 4. The van der Waals surface area contributed by atoms with Crippen molar-refractivity contribution in [1.29, 1.82) is 0 Å². The molecule has 2 N–H and O–H groups in total. The Kier molecular flexibility index (Phi) is 7.32. The van der Waals surface area contributed by atoms with Crippen molar-refractivity contribution >= 4 is 11.7 Å². The van der Waals surface area contributed by atoms with Crippen molar-refractivity contribution in [3.05, 3.63) is 29.8 Å². The van der Waals surface area contributed by atoms with Gasteiger partial charge in [0.1, 0.15) is 0 Å². The lowest BCUT2D eigenvalue weighted by Gasteiger charge is -2.34. The van der Waals surface area contributed by atoms with Crippen molar-refractivity contribution < 1.29 is 22.7 Å². The van der Waals surface area contributed by atoms with Gasteiger partial charge in [-0.15, -0.1) is 0 Å². The molecule has 0 spiro atoms. The third-order valence-electron chi connectivity index (χ3n) is 4.73. The normalized spacial score (nSPS) is 18.3. The van der Waals surface area contributed by atoms with E-state index >= 15 is 0 Å². The Morgan fingerprint density at radius 2 is 1.81 bits per heavy atom. The minimum absolute atomic E-state index is 0.0710. The highest BCUT2D eigenvalue weighted by Gasteiger charge is 2.48. The van der Waals surface area contributed by atoms with Crippen LogP contribution in [-0.2, 0) is 4.74 Å². The van der Waals surface area contributed by atoms with Crippen LogP contribution in [0.4, 0.5) is 18.9 Å². The van der Waals surface area contributed by atoms with Crippen LogP contribution in [-0.4, -0.2) is 42.8 Å². The molecular formula is C19H27F3N2O2. The molecular weight excluding hydrogens is 345 g/mol. The maximum atomic E-state index is 13.7. The summed E-state index contributed by atoms with van der Waals surface area (Å²) < 4.78 is 46.0. The molecule has 1 saturated heterocycles. The zero-order valence-corrected chi connectivity index (χ0v) is 15.1. The Morgan fingerprint density at radius 3 is 2.35 bits per heavy atom. The summed E-state index contributed by atoms with van der Waals surface area (Å²) in [4.78, 5) is 14.3. The summed E-state index contributed by atoms with van der Waals surface area (Å²) in [6, 6.07) is 5.70. The van der Waals surface area contributed by atoms with Crippen molar-refractivity contribution in [3.8, 4) is 0 Å². The summed E-state index contributed by atoms with van der Waals surface area (Å²) in [5.41, 5.74) is 6.06. The summed E-state index contributed by atoms with van der Waals surface area (Å²) in [5.74, 6) is -1.73. The molecule has 2 unspecified atom stereocenters. The quantitative estimate of drug-likeness (QED) is 0.574. The molecule has 0 saturated carbocycles. The van der Waals surface area contributed by atoms with Gasteiger partial charge in [0.05, 0.1) is 5.56 Å². The van der Waals surface area contributed by atoms with Crippen LogP contribution < -0.4 is 5.73 Å². The number of nitrogens with zero attached hydrogens (tertiary/aromatic N) is 1. The molecule has 1 fully saturated rings. The van der Waals surface area contributed by atoms with E-state index < -0.39 is 24.2 Å². The summed E-state index contributed by atoms with van der Waals surface area (Å²) in [7, 11) is 0. The lowest BCUT2D eigenvalue weighted by atomic mass is 9.94. The van der Waals surface area contributed by atoms with Gasteiger partial charge in [-0.25, -0.2) is 4.79 Å². The molecule has 1 aliphatic rings. The standard InChI is InChI=1S/C19H27F3N2O2/c1-2-6-15(13-24-11-4-3-5-12-24)17(19(20,21)22)26-18(25)14-7-9-16(23)10-8-14/h7-10,15,17H,2-6,11-13,23H2,1H3. The van der Waals surface area contributed by atoms with E-state index in [2.05, 4.69) is 4.90 Å².